The lowest BCUT2D eigenvalue weighted by molar-refractivity contribution is 0.137. The van der Waals surface area contributed by atoms with Gasteiger partial charge in [-0.25, -0.2) is 4.99 Å². The Hall–Kier alpha value is -2.05. The molecule has 128 valence electrons. The van der Waals surface area contributed by atoms with Gasteiger partial charge in [-0.2, -0.15) is 0 Å². The molecule has 2 aromatic carbocycles. The third kappa shape index (κ3) is 2.79. The molecule has 1 unspecified atom stereocenters. The van der Waals surface area contributed by atoms with Crippen molar-refractivity contribution in [1.82, 2.24) is 10.5 Å². The molecule has 0 aromatic heterocycles. The van der Waals surface area contributed by atoms with Crippen LogP contribution in [0, 0.1) is 0 Å². The zero-order valence-electron chi connectivity index (χ0n) is 13.7. The number of rotatable bonds is 2. The molecule has 0 fully saturated rings. The summed E-state index contributed by atoms with van der Waals surface area (Å²) in [4.78, 5) is 4.86. The molecule has 0 spiro atoms. The van der Waals surface area contributed by atoms with Crippen LogP contribution in [-0.4, -0.2) is 31.1 Å². The number of ether oxygens (including phenoxy) is 1. The molecule has 0 saturated heterocycles. The number of benzene rings is 2. The largest absolute Gasteiger partial charge is 0.354 e. The average molecular weight is 375 g/mol. The number of anilines is 1. The lowest BCUT2D eigenvalue weighted by Gasteiger charge is -2.25. The van der Waals surface area contributed by atoms with E-state index in [1.165, 1.54) is 0 Å². The smallest absolute Gasteiger partial charge is 0.192 e. The normalized spacial score (nSPS) is 19.1. The quantitative estimate of drug-likeness (QED) is 0.866. The highest BCUT2D eigenvalue weighted by Gasteiger charge is 2.33. The second-order valence-electron chi connectivity index (χ2n) is 5.81. The summed E-state index contributed by atoms with van der Waals surface area (Å²) in [6.07, 6.45) is 1.47. The van der Waals surface area contributed by atoms with Crippen molar-refractivity contribution < 1.29 is 4.74 Å². The van der Waals surface area contributed by atoms with Crippen LogP contribution in [0.25, 0.3) is 0 Å². The number of aliphatic imine (C=N–C) groups is 1. The summed E-state index contributed by atoms with van der Waals surface area (Å²) in [7, 11) is 3.56. The number of methoxy groups -OCH3 is 1. The number of hydrogen-bond acceptors (Lipinski definition) is 5. The van der Waals surface area contributed by atoms with E-state index in [0.717, 1.165) is 28.2 Å². The second kappa shape index (κ2) is 6.35. The molecule has 0 bridgehead atoms. The molecule has 0 amide bonds. The number of halogens is 2. The topological polar surface area (TPSA) is 40.1 Å². The molecule has 2 aliphatic rings. The summed E-state index contributed by atoms with van der Waals surface area (Å²) in [6.45, 7) is 0. The first-order valence-electron chi connectivity index (χ1n) is 7.75. The molecule has 5 nitrogen and oxygen atoms in total. The van der Waals surface area contributed by atoms with E-state index < -0.39 is 6.23 Å². The van der Waals surface area contributed by atoms with Crippen LogP contribution in [0.3, 0.4) is 0 Å². The number of fused-ring (bicyclic) bond motifs is 3. The van der Waals surface area contributed by atoms with E-state index in [4.69, 9.17) is 32.9 Å². The Morgan fingerprint density at radius 1 is 1.12 bits per heavy atom. The first kappa shape index (κ1) is 16.4. The number of nitrogens with zero attached hydrogens (tertiary/aromatic N) is 3. The molecule has 2 aliphatic heterocycles. The molecule has 25 heavy (non-hydrogen) atoms. The Labute approximate surface area is 156 Å². The van der Waals surface area contributed by atoms with Gasteiger partial charge in [0.2, 0.25) is 0 Å². The van der Waals surface area contributed by atoms with Crippen molar-refractivity contribution in [2.45, 2.75) is 6.23 Å². The van der Waals surface area contributed by atoms with Gasteiger partial charge < -0.3 is 4.74 Å². The van der Waals surface area contributed by atoms with Gasteiger partial charge in [0.05, 0.1) is 11.4 Å². The third-order valence-corrected chi connectivity index (χ3v) is 4.71. The van der Waals surface area contributed by atoms with Crippen molar-refractivity contribution in [3.63, 3.8) is 0 Å². The van der Waals surface area contributed by atoms with Gasteiger partial charge in [-0.15, -0.1) is 5.53 Å². The fourth-order valence-corrected chi connectivity index (χ4v) is 3.45. The van der Waals surface area contributed by atoms with Crippen molar-refractivity contribution in [1.29, 1.82) is 0 Å². The molecule has 2 aromatic rings. The SMILES string of the molecule is COC1N=C(c2ccccc2Cl)c2cc(Cl)ccc2N2NN(C)C=C12. The maximum atomic E-state index is 6.45. The van der Waals surface area contributed by atoms with E-state index >= 15 is 0 Å². The Balaban J connectivity index is 2.00. The van der Waals surface area contributed by atoms with Crippen LogP contribution in [0.2, 0.25) is 10.0 Å². The summed E-state index contributed by atoms with van der Waals surface area (Å²) >= 11 is 12.7. The van der Waals surface area contributed by atoms with Gasteiger partial charge in [0.25, 0.3) is 0 Å². The molecule has 1 atom stereocenters. The second-order valence-corrected chi connectivity index (χ2v) is 6.65. The molecule has 2 heterocycles. The van der Waals surface area contributed by atoms with Gasteiger partial charge in [0, 0.05) is 41.5 Å². The van der Waals surface area contributed by atoms with Crippen LogP contribution in [0.15, 0.2) is 59.4 Å². The lowest BCUT2D eigenvalue weighted by atomic mass is 10.0. The first-order chi connectivity index (χ1) is 12.1. The number of nitrogens with one attached hydrogen (secondary N) is 1. The average Bonchev–Trinajstić information content (AvgIpc) is 2.93. The number of hydrazine groups is 2. The zero-order chi connectivity index (χ0) is 17.6. The Morgan fingerprint density at radius 3 is 2.68 bits per heavy atom. The highest BCUT2D eigenvalue weighted by atomic mass is 35.5. The summed E-state index contributed by atoms with van der Waals surface area (Å²) in [6, 6.07) is 13.3. The van der Waals surface area contributed by atoms with Crippen LogP contribution in [-0.2, 0) is 4.74 Å². The van der Waals surface area contributed by atoms with E-state index in [0.29, 0.717) is 10.0 Å². The van der Waals surface area contributed by atoms with Crippen molar-refractivity contribution in [3.8, 4) is 0 Å². The Morgan fingerprint density at radius 2 is 1.92 bits per heavy atom. The summed E-state index contributed by atoms with van der Waals surface area (Å²) < 4.78 is 5.65. The third-order valence-electron chi connectivity index (χ3n) is 4.15. The standard InChI is InChI=1S/C18H16Cl2N4O/c1-23-10-16-18(25-2)21-17(12-5-3-4-6-14(12)20)13-9-11(19)7-8-15(13)24(16)22-23/h3-10,18,22H,1-2H3. The molecule has 4 rings (SSSR count). The monoisotopic (exact) mass is 374 g/mol. The van der Waals surface area contributed by atoms with Crippen molar-refractivity contribution in [2.24, 2.45) is 4.99 Å². The molecular weight excluding hydrogens is 359 g/mol. The molecule has 1 N–H and O–H groups in total. The van der Waals surface area contributed by atoms with Crippen molar-refractivity contribution >= 4 is 34.6 Å². The van der Waals surface area contributed by atoms with E-state index in [2.05, 4.69) is 5.53 Å². The van der Waals surface area contributed by atoms with E-state index in [-0.39, 0.29) is 0 Å². The minimum absolute atomic E-state index is 0.477. The van der Waals surface area contributed by atoms with E-state index in [1.807, 2.05) is 65.7 Å². The summed E-state index contributed by atoms with van der Waals surface area (Å²) in [5.41, 5.74) is 7.55. The van der Waals surface area contributed by atoms with Crippen LogP contribution in [0.5, 0.6) is 0 Å². The van der Waals surface area contributed by atoms with Gasteiger partial charge in [0.15, 0.2) is 6.23 Å². The molecule has 0 radical (unpaired) electrons. The van der Waals surface area contributed by atoms with Crippen molar-refractivity contribution in [2.75, 3.05) is 19.2 Å². The maximum Gasteiger partial charge on any atom is 0.192 e. The van der Waals surface area contributed by atoms with Gasteiger partial charge in [0.1, 0.15) is 5.70 Å². The highest BCUT2D eigenvalue weighted by molar-refractivity contribution is 6.36. The van der Waals surface area contributed by atoms with E-state index in [9.17, 15) is 0 Å². The fourth-order valence-electron chi connectivity index (χ4n) is 3.05. The van der Waals surface area contributed by atoms with Crippen molar-refractivity contribution in [3.05, 3.63) is 75.5 Å². The van der Waals surface area contributed by atoms with Crippen LogP contribution in [0.4, 0.5) is 5.69 Å². The molecular formula is C18H16Cl2N4O. The Bertz CT molecular complexity index is 896. The van der Waals surface area contributed by atoms with Gasteiger partial charge in [-0.3, -0.25) is 10.0 Å². The molecule has 0 saturated carbocycles. The lowest BCUT2D eigenvalue weighted by Crippen LogP contribution is -2.40. The highest BCUT2D eigenvalue weighted by Crippen LogP contribution is 2.36. The van der Waals surface area contributed by atoms with Crippen LogP contribution < -0.4 is 10.5 Å². The van der Waals surface area contributed by atoms with Gasteiger partial charge in [-0.05, 0) is 24.3 Å². The molecule has 0 aliphatic carbocycles. The Kier molecular flexibility index (Phi) is 4.17. The van der Waals surface area contributed by atoms with Crippen LogP contribution in [0.1, 0.15) is 11.1 Å². The number of hydrogen-bond donors (Lipinski definition) is 1. The molecule has 7 heteroatoms. The maximum absolute atomic E-state index is 6.45. The van der Waals surface area contributed by atoms with E-state index in [1.54, 1.807) is 7.11 Å². The zero-order valence-corrected chi connectivity index (χ0v) is 15.2. The first-order valence-corrected chi connectivity index (χ1v) is 8.50. The fraction of sp³-hybridized carbons (Fsp3) is 0.167. The summed E-state index contributed by atoms with van der Waals surface area (Å²) in [5.74, 6) is 0. The predicted molar refractivity (Wildman–Crippen MR) is 101 cm³/mol. The van der Waals surface area contributed by atoms with Gasteiger partial charge >= 0.3 is 0 Å². The summed E-state index contributed by atoms with van der Waals surface area (Å²) in [5, 5.41) is 5.07. The van der Waals surface area contributed by atoms with Crippen LogP contribution >= 0.6 is 23.2 Å². The minimum atomic E-state index is -0.477. The predicted octanol–water partition coefficient (Wildman–Crippen LogP) is 3.83. The minimum Gasteiger partial charge on any atom is -0.354 e. The van der Waals surface area contributed by atoms with Gasteiger partial charge in [-0.1, -0.05) is 41.4 Å².